The van der Waals surface area contributed by atoms with Crippen molar-refractivity contribution in [3.63, 3.8) is 0 Å². The number of hydrogen-bond donors (Lipinski definition) is 1. The van der Waals surface area contributed by atoms with Gasteiger partial charge >= 0.3 is 5.97 Å². The zero-order chi connectivity index (χ0) is 23.3. The highest BCUT2D eigenvalue weighted by Crippen LogP contribution is 2.29. The number of methoxy groups -OCH3 is 2. The van der Waals surface area contributed by atoms with Gasteiger partial charge in [-0.25, -0.2) is 9.78 Å². The van der Waals surface area contributed by atoms with Crippen molar-refractivity contribution in [3.8, 4) is 22.1 Å². The average molecular weight is 457 g/mol. The molecule has 10 nitrogen and oxygen atoms in total. The van der Waals surface area contributed by atoms with E-state index in [1.807, 2.05) is 12.1 Å². The van der Waals surface area contributed by atoms with E-state index in [0.29, 0.717) is 10.8 Å². The molecule has 1 aromatic heterocycles. The molecule has 11 heteroatoms. The van der Waals surface area contributed by atoms with Gasteiger partial charge in [-0.05, 0) is 43.3 Å². The zero-order valence-electron chi connectivity index (χ0n) is 17.4. The number of amides is 1. The van der Waals surface area contributed by atoms with Crippen LogP contribution in [0.25, 0.3) is 10.6 Å². The summed E-state index contributed by atoms with van der Waals surface area (Å²) < 4.78 is 15.3. The van der Waals surface area contributed by atoms with Gasteiger partial charge < -0.3 is 19.5 Å². The molecule has 0 saturated heterocycles. The molecule has 0 aliphatic rings. The molecule has 32 heavy (non-hydrogen) atoms. The normalized spacial score (nSPS) is 11.3. The van der Waals surface area contributed by atoms with E-state index in [4.69, 9.17) is 14.2 Å². The van der Waals surface area contributed by atoms with Crippen LogP contribution in [0.5, 0.6) is 11.5 Å². The number of anilines is 1. The molecule has 2 aromatic carbocycles. The smallest absolute Gasteiger partial charge is 0.358 e. The van der Waals surface area contributed by atoms with Crippen molar-refractivity contribution in [2.75, 3.05) is 19.5 Å². The zero-order valence-corrected chi connectivity index (χ0v) is 18.2. The maximum atomic E-state index is 12.4. The molecule has 1 N–H and O–H groups in total. The summed E-state index contributed by atoms with van der Waals surface area (Å²) in [7, 11) is 2.94. The van der Waals surface area contributed by atoms with E-state index < -0.39 is 22.9 Å². The van der Waals surface area contributed by atoms with Crippen LogP contribution < -0.4 is 14.8 Å². The number of hydrogen-bond acceptors (Lipinski definition) is 9. The molecule has 3 aromatic rings. The van der Waals surface area contributed by atoms with Gasteiger partial charge in [0.05, 0.1) is 25.2 Å². The predicted molar refractivity (Wildman–Crippen MR) is 117 cm³/mol. The minimum atomic E-state index is -1.21. The molecular formula is C21H19N3O7S. The van der Waals surface area contributed by atoms with E-state index in [1.165, 1.54) is 48.9 Å². The lowest BCUT2D eigenvalue weighted by Crippen LogP contribution is -2.30. The van der Waals surface area contributed by atoms with Crippen molar-refractivity contribution in [2.24, 2.45) is 0 Å². The quantitative estimate of drug-likeness (QED) is 0.306. The Morgan fingerprint density at radius 3 is 2.38 bits per heavy atom. The number of carbonyl (C=O) groups excluding carboxylic acids is 2. The van der Waals surface area contributed by atoms with E-state index in [-0.39, 0.29) is 22.8 Å². The monoisotopic (exact) mass is 457 g/mol. The number of aromatic nitrogens is 1. The Morgan fingerprint density at radius 2 is 1.75 bits per heavy atom. The first-order valence-electron chi connectivity index (χ1n) is 9.26. The number of ether oxygens (including phenoxy) is 3. The molecule has 0 bridgehead atoms. The van der Waals surface area contributed by atoms with Gasteiger partial charge in [-0.1, -0.05) is 0 Å². The first-order chi connectivity index (χ1) is 15.3. The molecule has 0 spiro atoms. The Morgan fingerprint density at radius 1 is 1.09 bits per heavy atom. The second kappa shape index (κ2) is 9.88. The summed E-state index contributed by atoms with van der Waals surface area (Å²) in [5.74, 6) is -0.544. The number of rotatable bonds is 8. The summed E-state index contributed by atoms with van der Waals surface area (Å²) in [4.78, 5) is 39.7. The third kappa shape index (κ3) is 5.19. The lowest BCUT2D eigenvalue weighted by molar-refractivity contribution is -0.384. The largest absolute Gasteiger partial charge is 0.497 e. The molecule has 1 unspecified atom stereocenters. The molecule has 1 atom stereocenters. The maximum absolute atomic E-state index is 12.4. The summed E-state index contributed by atoms with van der Waals surface area (Å²) in [5, 5.41) is 15.8. The van der Waals surface area contributed by atoms with E-state index in [2.05, 4.69) is 10.3 Å². The van der Waals surface area contributed by atoms with E-state index in [9.17, 15) is 19.7 Å². The molecule has 3 rings (SSSR count). The van der Waals surface area contributed by atoms with Crippen LogP contribution in [0.15, 0.2) is 47.8 Å². The summed E-state index contributed by atoms with van der Waals surface area (Å²) in [6.07, 6.45) is -1.21. The number of nitro benzene ring substituents is 1. The van der Waals surface area contributed by atoms with E-state index >= 15 is 0 Å². The number of nitro groups is 1. The van der Waals surface area contributed by atoms with Gasteiger partial charge in [-0.3, -0.25) is 14.9 Å². The Bertz CT molecular complexity index is 1140. The van der Waals surface area contributed by atoms with Crippen LogP contribution in [0, 0.1) is 10.1 Å². The van der Waals surface area contributed by atoms with Gasteiger partial charge in [0.15, 0.2) is 11.8 Å². The number of carbonyl (C=O) groups is 2. The van der Waals surface area contributed by atoms with Gasteiger partial charge in [0.25, 0.3) is 11.6 Å². The van der Waals surface area contributed by atoms with Crippen molar-refractivity contribution in [3.05, 3.63) is 63.7 Å². The van der Waals surface area contributed by atoms with Gasteiger partial charge in [0.2, 0.25) is 0 Å². The van der Waals surface area contributed by atoms with Crippen LogP contribution in [-0.2, 0) is 9.53 Å². The predicted octanol–water partition coefficient (Wildman–Crippen LogP) is 3.92. The van der Waals surface area contributed by atoms with Crippen molar-refractivity contribution >= 4 is 34.6 Å². The molecule has 166 valence electrons. The van der Waals surface area contributed by atoms with Crippen LogP contribution in [0.2, 0.25) is 0 Å². The summed E-state index contributed by atoms with van der Waals surface area (Å²) >= 11 is 1.25. The molecule has 1 amide bonds. The number of esters is 1. The molecule has 0 saturated carbocycles. The third-order valence-corrected chi connectivity index (χ3v) is 5.25. The lowest BCUT2D eigenvalue weighted by atomic mass is 10.2. The standard InChI is InChI=1S/C21H19N3O7S/c1-12(19(25)22-16-9-8-15(30-3)10-18(16)24(27)28)31-21(26)17-11-32-20(23-17)13-4-6-14(29-2)7-5-13/h4-12H,1-3H3,(H,22,25). The minimum absolute atomic E-state index is 0.0425. The fourth-order valence-electron chi connectivity index (χ4n) is 2.64. The number of nitrogens with one attached hydrogen (secondary N) is 1. The SMILES string of the molecule is COc1ccc(-c2nc(C(=O)OC(C)C(=O)Nc3ccc(OC)cc3[N+](=O)[O-])cs2)cc1. The highest BCUT2D eigenvalue weighted by molar-refractivity contribution is 7.13. The average Bonchev–Trinajstić information content (AvgIpc) is 3.29. The number of thiazole rings is 1. The molecular weight excluding hydrogens is 438 g/mol. The van der Waals surface area contributed by atoms with E-state index in [1.54, 1.807) is 19.2 Å². The number of benzene rings is 2. The molecule has 0 aliphatic carbocycles. The van der Waals surface area contributed by atoms with Gasteiger partial charge in [-0.15, -0.1) is 11.3 Å². The third-order valence-electron chi connectivity index (χ3n) is 4.36. The Balaban J connectivity index is 1.66. The maximum Gasteiger partial charge on any atom is 0.358 e. The second-order valence-electron chi connectivity index (χ2n) is 6.44. The molecule has 0 radical (unpaired) electrons. The fourth-order valence-corrected chi connectivity index (χ4v) is 3.43. The highest BCUT2D eigenvalue weighted by Gasteiger charge is 2.24. The van der Waals surface area contributed by atoms with Gasteiger partial charge in [0.1, 0.15) is 22.2 Å². The van der Waals surface area contributed by atoms with Crippen molar-refractivity contribution in [1.29, 1.82) is 0 Å². The minimum Gasteiger partial charge on any atom is -0.497 e. The molecule has 0 fully saturated rings. The Hall–Kier alpha value is -3.99. The lowest BCUT2D eigenvalue weighted by Gasteiger charge is -2.13. The number of nitrogens with zero attached hydrogens (tertiary/aromatic N) is 2. The van der Waals surface area contributed by atoms with Crippen LogP contribution >= 0.6 is 11.3 Å². The van der Waals surface area contributed by atoms with Gasteiger partial charge in [0, 0.05) is 10.9 Å². The first-order valence-corrected chi connectivity index (χ1v) is 10.1. The topological polar surface area (TPSA) is 130 Å². The molecule has 1 heterocycles. The van der Waals surface area contributed by atoms with Crippen LogP contribution in [-0.4, -0.2) is 42.1 Å². The summed E-state index contributed by atoms with van der Waals surface area (Å²) in [5.41, 5.74) is 0.461. The Labute approximate surface area is 186 Å². The fraction of sp³-hybridized carbons (Fsp3) is 0.190. The highest BCUT2D eigenvalue weighted by atomic mass is 32.1. The second-order valence-corrected chi connectivity index (χ2v) is 7.30. The van der Waals surface area contributed by atoms with E-state index in [0.717, 1.165) is 5.56 Å². The van der Waals surface area contributed by atoms with Crippen molar-refractivity contribution in [1.82, 2.24) is 4.98 Å². The van der Waals surface area contributed by atoms with Crippen LogP contribution in [0.3, 0.4) is 0 Å². The van der Waals surface area contributed by atoms with Gasteiger partial charge in [-0.2, -0.15) is 0 Å². The molecule has 0 aliphatic heterocycles. The van der Waals surface area contributed by atoms with Crippen molar-refractivity contribution in [2.45, 2.75) is 13.0 Å². The Kier molecular flexibility index (Phi) is 7.00. The summed E-state index contributed by atoms with van der Waals surface area (Å²) in [6.45, 7) is 1.36. The summed E-state index contributed by atoms with van der Waals surface area (Å²) in [6, 6.07) is 11.2. The first kappa shape index (κ1) is 22.7. The van der Waals surface area contributed by atoms with Crippen molar-refractivity contribution < 1.29 is 28.7 Å². The van der Waals surface area contributed by atoms with Crippen LogP contribution in [0.1, 0.15) is 17.4 Å². The van der Waals surface area contributed by atoms with Crippen LogP contribution in [0.4, 0.5) is 11.4 Å².